The molecule has 0 bridgehead atoms. The molecule has 2 fully saturated rings. The quantitative estimate of drug-likeness (QED) is 0.656. The van der Waals surface area contributed by atoms with Crippen LogP contribution in [0.4, 0.5) is 0 Å². The number of hydrogen-bond acceptors (Lipinski definition) is 7. The molecule has 1 amide bonds. The van der Waals surface area contributed by atoms with Crippen LogP contribution in [0.2, 0.25) is 0 Å². The SMILES string of the molecule is COc1ccc(OC)c(-c2cc(C(=O)N3CCCSCC3CN3CCOCC3)n(C)n2)c1. The molecule has 0 N–H and O–H groups in total. The van der Waals surface area contributed by atoms with E-state index in [1.54, 1.807) is 18.9 Å². The number of rotatable bonds is 6. The molecule has 4 rings (SSSR count). The molecule has 8 nitrogen and oxygen atoms in total. The second-order valence-electron chi connectivity index (χ2n) is 8.10. The number of benzene rings is 1. The molecule has 174 valence electrons. The molecule has 2 aromatic rings. The van der Waals surface area contributed by atoms with Crippen LogP contribution in [-0.2, 0) is 11.8 Å². The van der Waals surface area contributed by atoms with Gasteiger partial charge in [-0.15, -0.1) is 0 Å². The Morgan fingerprint density at radius 1 is 1.19 bits per heavy atom. The summed E-state index contributed by atoms with van der Waals surface area (Å²) >= 11 is 1.94. The molecule has 0 spiro atoms. The molecule has 0 saturated carbocycles. The number of aromatic nitrogens is 2. The Balaban J connectivity index is 1.60. The largest absolute Gasteiger partial charge is 0.497 e. The van der Waals surface area contributed by atoms with Crippen LogP contribution in [0.25, 0.3) is 11.3 Å². The Labute approximate surface area is 193 Å². The molecule has 0 aliphatic carbocycles. The first-order valence-electron chi connectivity index (χ1n) is 11.1. The maximum absolute atomic E-state index is 13.7. The molecule has 32 heavy (non-hydrogen) atoms. The van der Waals surface area contributed by atoms with E-state index in [1.165, 1.54) is 0 Å². The van der Waals surface area contributed by atoms with E-state index >= 15 is 0 Å². The van der Waals surface area contributed by atoms with Crippen LogP contribution in [-0.4, -0.2) is 96.6 Å². The van der Waals surface area contributed by atoms with Gasteiger partial charge >= 0.3 is 0 Å². The van der Waals surface area contributed by atoms with Crippen molar-refractivity contribution < 1.29 is 19.0 Å². The van der Waals surface area contributed by atoms with Gasteiger partial charge in [-0.2, -0.15) is 16.9 Å². The Morgan fingerprint density at radius 3 is 2.75 bits per heavy atom. The number of carbonyl (C=O) groups is 1. The fourth-order valence-corrected chi connectivity index (χ4v) is 5.35. The number of hydrogen-bond donors (Lipinski definition) is 0. The number of carbonyl (C=O) groups excluding carboxylic acids is 1. The van der Waals surface area contributed by atoms with Crippen molar-refractivity contribution in [1.29, 1.82) is 0 Å². The van der Waals surface area contributed by atoms with Gasteiger partial charge in [0.25, 0.3) is 5.91 Å². The minimum absolute atomic E-state index is 0.0360. The average molecular weight is 461 g/mol. The van der Waals surface area contributed by atoms with Crippen molar-refractivity contribution in [2.24, 2.45) is 7.05 Å². The summed E-state index contributed by atoms with van der Waals surface area (Å²) in [4.78, 5) is 18.2. The van der Waals surface area contributed by atoms with Crippen molar-refractivity contribution in [2.75, 3.05) is 65.1 Å². The summed E-state index contributed by atoms with van der Waals surface area (Å²) in [6.45, 7) is 5.03. The first-order valence-corrected chi connectivity index (χ1v) is 12.2. The smallest absolute Gasteiger partial charge is 0.272 e. The van der Waals surface area contributed by atoms with E-state index in [4.69, 9.17) is 14.2 Å². The molecular weight excluding hydrogens is 428 g/mol. The number of thioether (sulfide) groups is 1. The molecule has 9 heteroatoms. The Bertz CT molecular complexity index is 929. The van der Waals surface area contributed by atoms with E-state index in [-0.39, 0.29) is 11.9 Å². The molecule has 1 unspecified atom stereocenters. The van der Waals surface area contributed by atoms with Gasteiger partial charge in [-0.3, -0.25) is 14.4 Å². The lowest BCUT2D eigenvalue weighted by molar-refractivity contribution is 0.0243. The van der Waals surface area contributed by atoms with Gasteiger partial charge in [0.2, 0.25) is 0 Å². The maximum Gasteiger partial charge on any atom is 0.272 e. The second kappa shape index (κ2) is 10.6. The number of ether oxygens (including phenoxy) is 3. The van der Waals surface area contributed by atoms with Crippen molar-refractivity contribution in [3.8, 4) is 22.8 Å². The number of aryl methyl sites for hydroxylation is 1. The van der Waals surface area contributed by atoms with E-state index < -0.39 is 0 Å². The van der Waals surface area contributed by atoms with Gasteiger partial charge in [0.15, 0.2) is 0 Å². The highest BCUT2D eigenvalue weighted by Crippen LogP contribution is 2.33. The van der Waals surface area contributed by atoms with E-state index in [1.807, 2.05) is 43.1 Å². The lowest BCUT2D eigenvalue weighted by Crippen LogP contribution is -2.50. The van der Waals surface area contributed by atoms with Crippen molar-refractivity contribution in [3.63, 3.8) is 0 Å². The van der Waals surface area contributed by atoms with Crippen molar-refractivity contribution in [3.05, 3.63) is 30.0 Å². The number of morpholine rings is 1. The van der Waals surface area contributed by atoms with Crippen LogP contribution in [0.1, 0.15) is 16.9 Å². The lowest BCUT2D eigenvalue weighted by atomic mass is 10.1. The summed E-state index contributed by atoms with van der Waals surface area (Å²) in [6.07, 6.45) is 1.00. The number of nitrogens with zero attached hydrogens (tertiary/aromatic N) is 4. The van der Waals surface area contributed by atoms with Gasteiger partial charge < -0.3 is 19.1 Å². The summed E-state index contributed by atoms with van der Waals surface area (Å²) in [5, 5.41) is 4.65. The molecular formula is C23H32N4O4S. The van der Waals surface area contributed by atoms with Gasteiger partial charge in [0.1, 0.15) is 17.2 Å². The zero-order valence-electron chi connectivity index (χ0n) is 19.1. The third-order valence-corrected chi connectivity index (χ3v) is 7.25. The Kier molecular flexibility index (Phi) is 7.59. The number of amides is 1. The average Bonchev–Trinajstić information content (AvgIpc) is 3.06. The Morgan fingerprint density at radius 2 is 2.00 bits per heavy atom. The van der Waals surface area contributed by atoms with E-state index in [0.29, 0.717) is 17.1 Å². The zero-order chi connectivity index (χ0) is 22.5. The van der Waals surface area contributed by atoms with Crippen LogP contribution >= 0.6 is 11.8 Å². The molecule has 2 aliphatic rings. The van der Waals surface area contributed by atoms with Crippen molar-refractivity contribution in [1.82, 2.24) is 19.6 Å². The molecule has 1 aromatic carbocycles. The third-order valence-electron chi connectivity index (χ3n) is 6.05. The van der Waals surface area contributed by atoms with E-state index in [0.717, 1.165) is 68.6 Å². The van der Waals surface area contributed by atoms with Crippen molar-refractivity contribution >= 4 is 17.7 Å². The van der Waals surface area contributed by atoms with Crippen LogP contribution in [0.15, 0.2) is 24.3 Å². The predicted octanol–water partition coefficient (Wildman–Crippen LogP) is 2.38. The summed E-state index contributed by atoms with van der Waals surface area (Å²) in [7, 11) is 5.09. The van der Waals surface area contributed by atoms with Gasteiger partial charge in [0, 0.05) is 44.5 Å². The summed E-state index contributed by atoms with van der Waals surface area (Å²) in [6, 6.07) is 7.64. The van der Waals surface area contributed by atoms with Gasteiger partial charge in [-0.1, -0.05) is 0 Å². The van der Waals surface area contributed by atoms with Crippen LogP contribution in [0.3, 0.4) is 0 Å². The molecule has 2 aliphatic heterocycles. The van der Waals surface area contributed by atoms with E-state index in [9.17, 15) is 4.79 Å². The topological polar surface area (TPSA) is 69.1 Å². The normalized spacial score (nSPS) is 20.1. The lowest BCUT2D eigenvalue weighted by Gasteiger charge is -2.35. The standard InChI is InChI=1S/C23H32N4O4S/c1-25-21(14-20(24-25)19-13-18(29-2)5-6-22(19)30-3)23(28)27-7-4-12-32-16-17(27)15-26-8-10-31-11-9-26/h5-6,13-14,17H,4,7-12,15-16H2,1-3H3. The predicted molar refractivity (Wildman–Crippen MR) is 126 cm³/mol. The van der Waals surface area contributed by atoms with Crippen LogP contribution in [0, 0.1) is 0 Å². The van der Waals surface area contributed by atoms with Crippen molar-refractivity contribution in [2.45, 2.75) is 12.5 Å². The highest BCUT2D eigenvalue weighted by molar-refractivity contribution is 7.99. The molecule has 1 aromatic heterocycles. The first kappa shape index (κ1) is 22.9. The summed E-state index contributed by atoms with van der Waals surface area (Å²) < 4.78 is 18.1. The first-order chi connectivity index (χ1) is 15.6. The molecule has 1 atom stereocenters. The minimum Gasteiger partial charge on any atom is -0.497 e. The third kappa shape index (κ3) is 5.05. The van der Waals surface area contributed by atoms with Crippen LogP contribution in [0.5, 0.6) is 11.5 Å². The highest BCUT2D eigenvalue weighted by atomic mass is 32.2. The molecule has 0 radical (unpaired) electrons. The summed E-state index contributed by atoms with van der Waals surface area (Å²) in [5.74, 6) is 3.49. The van der Waals surface area contributed by atoms with Gasteiger partial charge in [-0.25, -0.2) is 0 Å². The molecule has 3 heterocycles. The second-order valence-corrected chi connectivity index (χ2v) is 9.25. The summed E-state index contributed by atoms with van der Waals surface area (Å²) in [5.41, 5.74) is 2.09. The minimum atomic E-state index is 0.0360. The Hall–Kier alpha value is -2.23. The van der Waals surface area contributed by atoms with Gasteiger partial charge in [-0.05, 0) is 36.4 Å². The zero-order valence-corrected chi connectivity index (χ0v) is 19.9. The highest BCUT2D eigenvalue weighted by Gasteiger charge is 2.30. The van der Waals surface area contributed by atoms with E-state index in [2.05, 4.69) is 14.9 Å². The maximum atomic E-state index is 13.7. The van der Waals surface area contributed by atoms with Crippen LogP contribution < -0.4 is 9.47 Å². The van der Waals surface area contributed by atoms with Gasteiger partial charge in [0.05, 0.1) is 39.2 Å². The fourth-order valence-electron chi connectivity index (χ4n) is 4.29. The number of methoxy groups -OCH3 is 2. The fraction of sp³-hybridized carbons (Fsp3) is 0.565. The monoisotopic (exact) mass is 460 g/mol. The molecule has 2 saturated heterocycles.